The van der Waals surface area contributed by atoms with Gasteiger partial charge in [-0.2, -0.15) is 0 Å². The summed E-state index contributed by atoms with van der Waals surface area (Å²) in [6.07, 6.45) is 9.51. The van der Waals surface area contributed by atoms with Gasteiger partial charge in [0, 0.05) is 7.11 Å². The molecule has 1 aliphatic carbocycles. The third-order valence-corrected chi connectivity index (χ3v) is 3.55. The van der Waals surface area contributed by atoms with Gasteiger partial charge in [-0.1, -0.05) is 48.6 Å². The first kappa shape index (κ1) is 13.1. The van der Waals surface area contributed by atoms with Crippen LogP contribution in [0.5, 0.6) is 0 Å². The summed E-state index contributed by atoms with van der Waals surface area (Å²) in [6.45, 7) is 0.716. The van der Waals surface area contributed by atoms with Gasteiger partial charge in [0.15, 0.2) is 0 Å². The summed E-state index contributed by atoms with van der Waals surface area (Å²) in [5.41, 5.74) is 7.96. The molecule has 1 aromatic rings. The molecule has 2 rings (SSSR count). The number of nitrogens with two attached hydrogens (primary N) is 1. The van der Waals surface area contributed by atoms with Crippen LogP contribution in [0.3, 0.4) is 0 Å². The Morgan fingerprint density at radius 3 is 2.61 bits per heavy atom. The Hall–Kier alpha value is -1.38. The molecule has 0 aliphatic heterocycles. The van der Waals surface area contributed by atoms with Crippen LogP contribution in [0.1, 0.15) is 24.8 Å². The summed E-state index contributed by atoms with van der Waals surface area (Å²) in [6, 6.07) is 10.4. The normalized spacial score (nSPS) is 22.9. The predicted octanol–water partition coefficient (Wildman–Crippen LogP) is 3.15. The molecule has 2 nitrogen and oxygen atoms in total. The Bertz CT molecular complexity index is 436. The van der Waals surface area contributed by atoms with Crippen LogP contribution in [0.2, 0.25) is 0 Å². The van der Waals surface area contributed by atoms with Gasteiger partial charge in [0.1, 0.15) is 0 Å². The van der Waals surface area contributed by atoms with E-state index < -0.39 is 0 Å². The predicted molar refractivity (Wildman–Crippen MR) is 76.2 cm³/mol. The highest BCUT2D eigenvalue weighted by atomic mass is 16.5. The quantitative estimate of drug-likeness (QED) is 0.862. The lowest BCUT2D eigenvalue weighted by atomic mass is 9.86. The molecule has 0 heterocycles. The maximum Gasteiger partial charge on any atom is 0.0896 e. The third kappa shape index (κ3) is 2.89. The Morgan fingerprint density at radius 1 is 1.28 bits per heavy atom. The van der Waals surface area contributed by atoms with E-state index in [2.05, 4.69) is 42.5 Å². The molecule has 1 atom stereocenters. The molecule has 96 valence electrons. The van der Waals surface area contributed by atoms with E-state index in [0.717, 1.165) is 19.3 Å². The van der Waals surface area contributed by atoms with Crippen LogP contribution in [0, 0.1) is 0 Å². The molecule has 0 radical (unpaired) electrons. The van der Waals surface area contributed by atoms with Crippen LogP contribution in [0.15, 0.2) is 48.6 Å². The SMILES string of the molecule is COC1(CCCN)C=CC(c2ccccc2)=CC1. The van der Waals surface area contributed by atoms with Gasteiger partial charge in [0.2, 0.25) is 0 Å². The lowest BCUT2D eigenvalue weighted by Crippen LogP contribution is -2.30. The average Bonchev–Trinajstić information content (AvgIpc) is 2.47. The van der Waals surface area contributed by atoms with Gasteiger partial charge in [0.25, 0.3) is 0 Å². The first-order valence-corrected chi connectivity index (χ1v) is 6.50. The fourth-order valence-electron chi connectivity index (χ4n) is 2.35. The van der Waals surface area contributed by atoms with Crippen molar-refractivity contribution in [3.05, 3.63) is 54.1 Å². The van der Waals surface area contributed by atoms with Crippen molar-refractivity contribution in [3.8, 4) is 0 Å². The Labute approximate surface area is 109 Å². The van der Waals surface area contributed by atoms with Crippen molar-refractivity contribution in [1.29, 1.82) is 0 Å². The van der Waals surface area contributed by atoms with Crippen LogP contribution in [0.25, 0.3) is 5.57 Å². The summed E-state index contributed by atoms with van der Waals surface area (Å²) < 4.78 is 5.68. The largest absolute Gasteiger partial charge is 0.374 e. The molecule has 0 aromatic heterocycles. The smallest absolute Gasteiger partial charge is 0.0896 e. The van der Waals surface area contributed by atoms with Crippen LogP contribution in [-0.4, -0.2) is 19.3 Å². The molecule has 2 N–H and O–H groups in total. The van der Waals surface area contributed by atoms with Crippen molar-refractivity contribution >= 4 is 5.57 Å². The van der Waals surface area contributed by atoms with Crippen molar-refractivity contribution in [2.45, 2.75) is 24.9 Å². The highest BCUT2D eigenvalue weighted by Crippen LogP contribution is 2.32. The average molecular weight is 243 g/mol. The molecule has 0 saturated heterocycles. The molecular weight excluding hydrogens is 222 g/mol. The minimum atomic E-state index is -0.155. The first-order valence-electron chi connectivity index (χ1n) is 6.50. The second-order valence-electron chi connectivity index (χ2n) is 4.72. The summed E-state index contributed by atoms with van der Waals surface area (Å²) in [7, 11) is 1.78. The number of ether oxygens (including phenoxy) is 1. The van der Waals surface area contributed by atoms with Crippen LogP contribution < -0.4 is 5.73 Å². The Kier molecular flexibility index (Phi) is 4.34. The molecule has 0 spiro atoms. The summed E-state index contributed by atoms with van der Waals surface area (Å²) in [5, 5.41) is 0. The number of allylic oxidation sites excluding steroid dienone is 2. The lowest BCUT2D eigenvalue weighted by Gasteiger charge is -2.31. The van der Waals surface area contributed by atoms with E-state index in [1.807, 2.05) is 6.07 Å². The lowest BCUT2D eigenvalue weighted by molar-refractivity contribution is 0.0257. The minimum absolute atomic E-state index is 0.155. The molecule has 0 bridgehead atoms. The maximum absolute atomic E-state index is 5.68. The number of rotatable bonds is 5. The monoisotopic (exact) mass is 243 g/mol. The Morgan fingerprint density at radius 2 is 2.06 bits per heavy atom. The van der Waals surface area contributed by atoms with Crippen molar-refractivity contribution in [3.63, 3.8) is 0 Å². The number of hydrogen-bond donors (Lipinski definition) is 1. The van der Waals surface area contributed by atoms with Crippen LogP contribution in [0.4, 0.5) is 0 Å². The zero-order valence-electron chi connectivity index (χ0n) is 10.9. The summed E-state index contributed by atoms with van der Waals surface area (Å²) >= 11 is 0. The first-order chi connectivity index (χ1) is 8.79. The van der Waals surface area contributed by atoms with Gasteiger partial charge >= 0.3 is 0 Å². The highest BCUT2D eigenvalue weighted by Gasteiger charge is 2.27. The van der Waals surface area contributed by atoms with Crippen molar-refractivity contribution in [1.82, 2.24) is 0 Å². The van der Waals surface area contributed by atoms with Crippen LogP contribution in [-0.2, 0) is 4.74 Å². The van der Waals surface area contributed by atoms with E-state index in [9.17, 15) is 0 Å². The van der Waals surface area contributed by atoms with Gasteiger partial charge in [-0.15, -0.1) is 0 Å². The van der Waals surface area contributed by atoms with E-state index in [-0.39, 0.29) is 5.60 Å². The minimum Gasteiger partial charge on any atom is -0.374 e. The molecule has 0 amide bonds. The van der Waals surface area contributed by atoms with Crippen molar-refractivity contribution in [2.24, 2.45) is 5.73 Å². The fourth-order valence-corrected chi connectivity index (χ4v) is 2.35. The fraction of sp³-hybridized carbons (Fsp3) is 0.375. The second-order valence-corrected chi connectivity index (χ2v) is 4.72. The van der Waals surface area contributed by atoms with E-state index in [1.165, 1.54) is 11.1 Å². The molecule has 2 heteroatoms. The van der Waals surface area contributed by atoms with Gasteiger partial charge in [-0.3, -0.25) is 0 Å². The topological polar surface area (TPSA) is 35.2 Å². The van der Waals surface area contributed by atoms with E-state index in [1.54, 1.807) is 7.11 Å². The van der Waals surface area contributed by atoms with Gasteiger partial charge in [-0.25, -0.2) is 0 Å². The summed E-state index contributed by atoms with van der Waals surface area (Å²) in [5.74, 6) is 0. The molecule has 18 heavy (non-hydrogen) atoms. The van der Waals surface area contributed by atoms with Crippen LogP contribution >= 0.6 is 0 Å². The molecule has 0 saturated carbocycles. The molecule has 1 aromatic carbocycles. The van der Waals surface area contributed by atoms with E-state index in [4.69, 9.17) is 10.5 Å². The standard InChI is InChI=1S/C16H21NO/c1-18-16(10-5-13-17)11-8-15(9-12-16)14-6-3-2-4-7-14/h2-4,6-9,11H,5,10,12-13,17H2,1H3. The van der Waals surface area contributed by atoms with E-state index in [0.29, 0.717) is 6.54 Å². The second kappa shape index (κ2) is 5.98. The molecular formula is C16H21NO. The Balaban J connectivity index is 2.10. The van der Waals surface area contributed by atoms with Gasteiger partial charge in [-0.05, 0) is 36.9 Å². The zero-order valence-corrected chi connectivity index (χ0v) is 10.9. The molecule has 1 unspecified atom stereocenters. The van der Waals surface area contributed by atoms with E-state index >= 15 is 0 Å². The number of methoxy groups -OCH3 is 1. The number of hydrogen-bond acceptors (Lipinski definition) is 2. The third-order valence-electron chi connectivity index (χ3n) is 3.55. The molecule has 0 fully saturated rings. The van der Waals surface area contributed by atoms with Crippen molar-refractivity contribution in [2.75, 3.05) is 13.7 Å². The highest BCUT2D eigenvalue weighted by molar-refractivity contribution is 5.75. The number of benzene rings is 1. The summed E-state index contributed by atoms with van der Waals surface area (Å²) in [4.78, 5) is 0. The maximum atomic E-state index is 5.68. The molecule has 1 aliphatic rings. The van der Waals surface area contributed by atoms with Gasteiger partial charge in [0.05, 0.1) is 5.60 Å². The van der Waals surface area contributed by atoms with Crippen molar-refractivity contribution < 1.29 is 4.74 Å². The zero-order chi connectivity index (χ0) is 12.8. The van der Waals surface area contributed by atoms with Gasteiger partial charge < -0.3 is 10.5 Å².